The van der Waals surface area contributed by atoms with Crippen molar-refractivity contribution in [1.29, 1.82) is 0 Å². The summed E-state index contributed by atoms with van der Waals surface area (Å²) in [6.45, 7) is 0. The van der Waals surface area contributed by atoms with Gasteiger partial charge in [-0.1, -0.05) is 24.3 Å². The molecule has 3 rings (SSSR count). The molecule has 0 fully saturated rings. The Morgan fingerprint density at radius 3 is 2.74 bits per heavy atom. The van der Waals surface area contributed by atoms with E-state index in [9.17, 15) is 8.42 Å². The highest BCUT2D eigenvalue weighted by atomic mass is 32.2. The molecule has 0 N–H and O–H groups in total. The number of nitrogens with zero attached hydrogens (tertiary/aromatic N) is 3. The molecule has 0 aliphatic rings. The lowest BCUT2D eigenvalue weighted by atomic mass is 10.1. The number of aromatic nitrogens is 3. The van der Waals surface area contributed by atoms with Crippen LogP contribution in [0.1, 0.15) is 5.69 Å². The lowest BCUT2D eigenvalue weighted by Gasteiger charge is -2.04. The zero-order valence-electron chi connectivity index (χ0n) is 9.72. The van der Waals surface area contributed by atoms with Crippen molar-refractivity contribution in [2.24, 2.45) is 0 Å². The summed E-state index contributed by atoms with van der Waals surface area (Å²) in [5, 5.41) is 1.82. The van der Waals surface area contributed by atoms with Gasteiger partial charge in [-0.2, -0.15) is 4.37 Å². The Kier molecular flexibility index (Phi) is 3.00. The maximum absolute atomic E-state index is 12.2. The van der Waals surface area contributed by atoms with Gasteiger partial charge in [-0.05, 0) is 23.0 Å². The van der Waals surface area contributed by atoms with Crippen molar-refractivity contribution in [2.45, 2.75) is 10.1 Å². The number of hydrogen-bond acceptors (Lipinski definition) is 6. The molecule has 3 aromatic rings. The van der Waals surface area contributed by atoms with Gasteiger partial charge in [0.25, 0.3) is 0 Å². The van der Waals surface area contributed by atoms with Crippen LogP contribution in [0.25, 0.3) is 10.8 Å². The van der Waals surface area contributed by atoms with Crippen LogP contribution in [0, 0.1) is 0 Å². The van der Waals surface area contributed by atoms with Crippen LogP contribution in [0.15, 0.2) is 47.2 Å². The van der Waals surface area contributed by atoms with Crippen LogP contribution in [0.4, 0.5) is 0 Å². The van der Waals surface area contributed by atoms with E-state index in [1.165, 1.54) is 6.33 Å². The van der Waals surface area contributed by atoms with E-state index in [4.69, 9.17) is 0 Å². The fourth-order valence-electron chi connectivity index (χ4n) is 1.84. The van der Waals surface area contributed by atoms with Gasteiger partial charge in [0.1, 0.15) is 12.1 Å². The van der Waals surface area contributed by atoms with Crippen molar-refractivity contribution in [1.82, 2.24) is 14.3 Å². The second kappa shape index (κ2) is 4.67. The third-order valence-corrected chi connectivity index (χ3v) is 5.43. The Hall–Kier alpha value is -1.86. The first-order chi connectivity index (χ1) is 9.17. The molecule has 7 heteroatoms. The number of fused-ring (bicyclic) bond motifs is 1. The van der Waals surface area contributed by atoms with Gasteiger partial charge in [0, 0.05) is 11.6 Å². The topological polar surface area (TPSA) is 72.8 Å². The zero-order valence-corrected chi connectivity index (χ0v) is 11.4. The Balaban J connectivity index is 2.07. The first kappa shape index (κ1) is 12.2. The van der Waals surface area contributed by atoms with Crippen molar-refractivity contribution >= 4 is 32.1 Å². The van der Waals surface area contributed by atoms with E-state index in [0.717, 1.165) is 22.3 Å². The standard InChI is InChI=1S/C12H9N3O2S2/c16-19(17,12-14-8-15-18-12)7-11-10-4-2-1-3-9(10)5-6-13-11/h1-6,8H,7H2. The minimum atomic E-state index is -3.48. The molecular formula is C12H9N3O2S2. The SMILES string of the molecule is O=S(=O)(Cc1nccc2ccccc12)c1ncns1. The highest BCUT2D eigenvalue weighted by Gasteiger charge is 2.20. The molecule has 0 radical (unpaired) electrons. The van der Waals surface area contributed by atoms with E-state index in [0.29, 0.717) is 5.69 Å². The maximum Gasteiger partial charge on any atom is 0.228 e. The summed E-state index contributed by atoms with van der Waals surface area (Å²) >= 11 is 0.878. The number of rotatable bonds is 3. The number of sulfone groups is 1. The Morgan fingerprint density at radius 1 is 1.11 bits per heavy atom. The largest absolute Gasteiger partial charge is 0.260 e. The quantitative estimate of drug-likeness (QED) is 0.738. The lowest BCUT2D eigenvalue weighted by molar-refractivity contribution is 0.594. The van der Waals surface area contributed by atoms with Crippen LogP contribution >= 0.6 is 11.5 Å². The van der Waals surface area contributed by atoms with E-state index < -0.39 is 9.84 Å². The normalized spacial score (nSPS) is 11.8. The predicted octanol–water partition coefficient (Wildman–Crippen LogP) is 2.06. The van der Waals surface area contributed by atoms with Gasteiger partial charge in [-0.3, -0.25) is 4.98 Å². The summed E-state index contributed by atoms with van der Waals surface area (Å²) in [4.78, 5) is 7.94. The maximum atomic E-state index is 12.2. The molecule has 0 spiro atoms. The highest BCUT2D eigenvalue weighted by Crippen LogP contribution is 2.21. The van der Waals surface area contributed by atoms with Crippen LogP contribution < -0.4 is 0 Å². The molecular weight excluding hydrogens is 282 g/mol. The van der Waals surface area contributed by atoms with E-state index in [2.05, 4.69) is 14.3 Å². The van der Waals surface area contributed by atoms with Gasteiger partial charge < -0.3 is 0 Å². The first-order valence-corrected chi connectivity index (χ1v) is 7.91. The molecule has 0 aliphatic carbocycles. The van der Waals surface area contributed by atoms with Gasteiger partial charge >= 0.3 is 0 Å². The first-order valence-electron chi connectivity index (χ1n) is 5.49. The molecule has 0 saturated carbocycles. The zero-order chi connectivity index (χ0) is 13.3. The summed E-state index contributed by atoms with van der Waals surface area (Å²) in [6, 6.07) is 9.43. The van der Waals surface area contributed by atoms with E-state index in [1.54, 1.807) is 6.20 Å². The fraction of sp³-hybridized carbons (Fsp3) is 0.0833. The van der Waals surface area contributed by atoms with Gasteiger partial charge in [0.2, 0.25) is 14.2 Å². The van der Waals surface area contributed by atoms with Crippen molar-refractivity contribution in [3.8, 4) is 0 Å². The molecule has 2 aromatic heterocycles. The summed E-state index contributed by atoms with van der Waals surface area (Å²) in [7, 11) is -3.48. The average molecular weight is 291 g/mol. The fourth-order valence-corrected chi connectivity index (χ4v) is 3.80. The molecule has 0 atom stereocenters. The summed E-state index contributed by atoms with van der Waals surface area (Å²) in [5.41, 5.74) is 0.535. The molecule has 96 valence electrons. The molecule has 0 aliphatic heterocycles. The van der Waals surface area contributed by atoms with E-state index in [-0.39, 0.29) is 10.1 Å². The summed E-state index contributed by atoms with van der Waals surface area (Å²) in [5.74, 6) is -0.163. The number of hydrogen-bond donors (Lipinski definition) is 0. The molecule has 1 aromatic carbocycles. The van der Waals surface area contributed by atoms with Crippen molar-refractivity contribution < 1.29 is 8.42 Å². The summed E-state index contributed by atoms with van der Waals surface area (Å²) in [6.07, 6.45) is 2.86. The van der Waals surface area contributed by atoms with Crippen molar-refractivity contribution in [3.05, 3.63) is 48.5 Å². The van der Waals surface area contributed by atoms with E-state index >= 15 is 0 Å². The van der Waals surface area contributed by atoms with Gasteiger partial charge in [-0.25, -0.2) is 13.4 Å². The molecule has 5 nitrogen and oxygen atoms in total. The smallest absolute Gasteiger partial charge is 0.228 e. The molecule has 0 bridgehead atoms. The monoisotopic (exact) mass is 291 g/mol. The predicted molar refractivity (Wildman–Crippen MR) is 72.5 cm³/mol. The third-order valence-electron chi connectivity index (χ3n) is 2.69. The van der Waals surface area contributed by atoms with Crippen LogP contribution in [-0.2, 0) is 15.6 Å². The van der Waals surface area contributed by atoms with E-state index in [1.807, 2.05) is 30.3 Å². The van der Waals surface area contributed by atoms with Crippen LogP contribution in [0.5, 0.6) is 0 Å². The molecule has 0 saturated heterocycles. The lowest BCUT2D eigenvalue weighted by Crippen LogP contribution is -2.06. The van der Waals surface area contributed by atoms with Gasteiger partial charge in [0.05, 0.1) is 5.69 Å². The van der Waals surface area contributed by atoms with Crippen LogP contribution in [0.3, 0.4) is 0 Å². The average Bonchev–Trinajstić information content (AvgIpc) is 2.93. The minimum Gasteiger partial charge on any atom is -0.260 e. The Labute approximate surface area is 114 Å². The second-order valence-corrected chi connectivity index (χ2v) is 6.89. The highest BCUT2D eigenvalue weighted by molar-refractivity contribution is 7.92. The molecule has 0 unspecified atom stereocenters. The van der Waals surface area contributed by atoms with Gasteiger partial charge in [0.15, 0.2) is 0 Å². The van der Waals surface area contributed by atoms with Gasteiger partial charge in [-0.15, -0.1) is 0 Å². The summed E-state index contributed by atoms with van der Waals surface area (Å²) < 4.78 is 28.1. The van der Waals surface area contributed by atoms with Crippen molar-refractivity contribution in [3.63, 3.8) is 0 Å². The Bertz CT molecular complexity index is 809. The molecule has 19 heavy (non-hydrogen) atoms. The molecule has 2 heterocycles. The molecule has 0 amide bonds. The van der Waals surface area contributed by atoms with Crippen LogP contribution in [-0.4, -0.2) is 22.8 Å². The van der Waals surface area contributed by atoms with Crippen molar-refractivity contribution in [2.75, 3.05) is 0 Å². The number of pyridine rings is 1. The second-order valence-electron chi connectivity index (χ2n) is 3.95. The Morgan fingerprint density at radius 2 is 1.95 bits per heavy atom. The third kappa shape index (κ3) is 2.34. The van der Waals surface area contributed by atoms with Crippen LogP contribution in [0.2, 0.25) is 0 Å². The number of benzene rings is 1. The minimum absolute atomic E-state index is 0.0298.